The molecule has 0 fully saturated rings. The van der Waals surface area contributed by atoms with Crippen LogP contribution in [0.5, 0.6) is 0 Å². The average Bonchev–Trinajstić information content (AvgIpc) is 4.01. The summed E-state index contributed by atoms with van der Waals surface area (Å²) in [5, 5.41) is 0. The van der Waals surface area contributed by atoms with Crippen LogP contribution < -0.4 is 4.90 Å². The minimum Gasteiger partial charge on any atom is -0.310 e. The third kappa shape index (κ3) is 6.28. The van der Waals surface area contributed by atoms with Crippen molar-refractivity contribution < 1.29 is 0 Å². The van der Waals surface area contributed by atoms with E-state index < -0.39 is 5.41 Å². The van der Waals surface area contributed by atoms with E-state index in [1.807, 2.05) is 0 Å². The van der Waals surface area contributed by atoms with Crippen molar-refractivity contribution in [2.45, 2.75) is 37.0 Å². The molecular weight excluding hydrogens is 879 g/mol. The van der Waals surface area contributed by atoms with E-state index in [1.165, 1.54) is 111 Å². The van der Waals surface area contributed by atoms with Crippen molar-refractivity contribution in [3.8, 4) is 55.6 Å². The van der Waals surface area contributed by atoms with Crippen LogP contribution >= 0.6 is 0 Å². The maximum atomic E-state index is 2.48. The Hall–Kier alpha value is -8.78. The van der Waals surface area contributed by atoms with Crippen LogP contribution in [0, 0.1) is 0 Å². The lowest BCUT2D eigenvalue weighted by Crippen LogP contribution is -2.28. The first-order valence-electron chi connectivity index (χ1n) is 25.7. The second-order valence-corrected chi connectivity index (χ2v) is 20.9. The van der Waals surface area contributed by atoms with Gasteiger partial charge in [0.25, 0.3) is 0 Å². The zero-order valence-corrected chi connectivity index (χ0v) is 41.4. The average molecular weight is 932 g/mol. The Kier molecular flexibility index (Phi) is 9.66. The molecule has 0 saturated heterocycles. The second kappa shape index (κ2) is 16.4. The Labute approximate surface area is 429 Å². The largest absolute Gasteiger partial charge is 0.310 e. The summed E-state index contributed by atoms with van der Waals surface area (Å²) in [4.78, 5) is 2.48. The Bertz CT molecular complexity index is 3880. The third-order valence-electron chi connectivity index (χ3n) is 16.9. The first-order chi connectivity index (χ1) is 35.8. The summed E-state index contributed by atoms with van der Waals surface area (Å²) in [6, 6.07) is 99.7. The SMILES string of the molecule is CC1(C)c2ccccc2-c2c(N(c3ccc(-c4ccc5c(c4)C(C)(c4ccccc4)c4ccccc4-5)cc3)c3ccc(-c4ccc5c(c4)C(c4ccccc4)(c4ccccc4)c4ccccc4-5)cc3)cccc21. The van der Waals surface area contributed by atoms with Crippen molar-refractivity contribution >= 4 is 17.1 Å². The first kappa shape index (κ1) is 43.0. The summed E-state index contributed by atoms with van der Waals surface area (Å²) in [6.07, 6.45) is 0. The summed E-state index contributed by atoms with van der Waals surface area (Å²) in [5.41, 5.74) is 27.1. The molecule has 0 N–H and O–H groups in total. The molecule has 0 saturated carbocycles. The second-order valence-electron chi connectivity index (χ2n) is 20.9. The molecule has 73 heavy (non-hydrogen) atoms. The normalized spacial score (nSPS) is 15.9. The fourth-order valence-corrected chi connectivity index (χ4v) is 13.3. The van der Waals surface area contributed by atoms with Crippen molar-refractivity contribution in [1.82, 2.24) is 0 Å². The number of hydrogen-bond donors (Lipinski definition) is 0. The molecule has 0 heterocycles. The van der Waals surface area contributed by atoms with E-state index in [-0.39, 0.29) is 10.8 Å². The van der Waals surface area contributed by atoms with Crippen LogP contribution in [0.4, 0.5) is 17.1 Å². The van der Waals surface area contributed by atoms with Crippen molar-refractivity contribution in [1.29, 1.82) is 0 Å². The van der Waals surface area contributed by atoms with Gasteiger partial charge in [0, 0.05) is 27.8 Å². The van der Waals surface area contributed by atoms with E-state index in [0.717, 1.165) is 11.4 Å². The van der Waals surface area contributed by atoms with E-state index in [1.54, 1.807) is 0 Å². The predicted octanol–water partition coefficient (Wildman–Crippen LogP) is 18.5. The predicted molar refractivity (Wildman–Crippen MR) is 304 cm³/mol. The number of rotatable bonds is 8. The molecule has 1 nitrogen and oxygen atoms in total. The highest BCUT2D eigenvalue weighted by molar-refractivity contribution is 5.96. The molecule has 3 aliphatic carbocycles. The molecule has 11 aromatic carbocycles. The first-order valence-corrected chi connectivity index (χ1v) is 25.7. The zero-order chi connectivity index (χ0) is 48.9. The van der Waals surface area contributed by atoms with Gasteiger partial charge in [0.2, 0.25) is 0 Å². The molecule has 0 aliphatic heterocycles. The fraction of sp³-hybridized carbons (Fsp3) is 0.0833. The molecule has 0 spiro atoms. The molecular formula is C72H53N. The molecule has 0 aromatic heterocycles. The van der Waals surface area contributed by atoms with Crippen molar-refractivity contribution in [2.75, 3.05) is 4.90 Å². The summed E-state index contributed by atoms with van der Waals surface area (Å²) >= 11 is 0. The van der Waals surface area contributed by atoms with Crippen LogP contribution in [0.15, 0.2) is 267 Å². The lowest BCUT2D eigenvalue weighted by Gasteiger charge is -2.34. The summed E-state index contributed by atoms with van der Waals surface area (Å²) in [5.74, 6) is 0. The van der Waals surface area contributed by atoms with Crippen LogP contribution in [-0.2, 0) is 16.2 Å². The number of fused-ring (bicyclic) bond motifs is 9. The van der Waals surface area contributed by atoms with E-state index in [4.69, 9.17) is 0 Å². The minimum absolute atomic E-state index is 0.134. The van der Waals surface area contributed by atoms with Crippen LogP contribution in [0.1, 0.15) is 70.8 Å². The van der Waals surface area contributed by atoms with Crippen molar-refractivity contribution in [2.24, 2.45) is 0 Å². The van der Waals surface area contributed by atoms with E-state index in [0.29, 0.717) is 0 Å². The maximum Gasteiger partial charge on any atom is 0.0713 e. The molecule has 1 heteroatoms. The van der Waals surface area contributed by atoms with Gasteiger partial charge < -0.3 is 4.90 Å². The highest BCUT2D eigenvalue weighted by Gasteiger charge is 2.46. The van der Waals surface area contributed by atoms with Gasteiger partial charge in [-0.1, -0.05) is 238 Å². The molecule has 0 amide bonds. The zero-order valence-electron chi connectivity index (χ0n) is 41.4. The van der Waals surface area contributed by atoms with Gasteiger partial charge in [-0.15, -0.1) is 0 Å². The topological polar surface area (TPSA) is 3.24 Å². The van der Waals surface area contributed by atoms with Crippen LogP contribution in [0.2, 0.25) is 0 Å². The molecule has 14 rings (SSSR count). The third-order valence-corrected chi connectivity index (χ3v) is 16.9. The van der Waals surface area contributed by atoms with E-state index in [9.17, 15) is 0 Å². The van der Waals surface area contributed by atoms with Gasteiger partial charge in [0.1, 0.15) is 0 Å². The summed E-state index contributed by atoms with van der Waals surface area (Å²) in [6.45, 7) is 7.13. The molecule has 0 bridgehead atoms. The lowest BCUT2D eigenvalue weighted by atomic mass is 9.67. The molecule has 1 atom stereocenters. The van der Waals surface area contributed by atoms with Crippen LogP contribution in [0.3, 0.4) is 0 Å². The minimum atomic E-state index is -0.461. The Morgan fingerprint density at radius 3 is 1.26 bits per heavy atom. The lowest BCUT2D eigenvalue weighted by molar-refractivity contribution is 0.660. The van der Waals surface area contributed by atoms with Gasteiger partial charge in [0.05, 0.1) is 11.1 Å². The van der Waals surface area contributed by atoms with Gasteiger partial charge in [-0.2, -0.15) is 0 Å². The highest BCUT2D eigenvalue weighted by Crippen LogP contribution is 2.58. The standard InChI is InChI=1S/C72H53N/c1-70(2)62-29-16-15-28-61(62)69-65(70)32-19-33-68(69)73(55-40-34-48(35-41-55)50-38-44-59-57-26-13-17-30-63(57)71(3,66(59)46-50)52-20-7-4-8-21-52)56-42-36-49(37-43-56)51-39-45-60-58-27-14-18-31-64(58)72(67(60)47-51,53-22-9-5-10-23-53)54-24-11-6-12-25-54/h4-47H,1-3H3. The van der Waals surface area contributed by atoms with Gasteiger partial charge in [-0.05, 0) is 150 Å². The van der Waals surface area contributed by atoms with Crippen molar-refractivity contribution in [3.63, 3.8) is 0 Å². The van der Waals surface area contributed by atoms with Crippen molar-refractivity contribution in [3.05, 3.63) is 317 Å². The molecule has 3 aliphatic rings. The Morgan fingerprint density at radius 1 is 0.274 bits per heavy atom. The number of nitrogens with zero attached hydrogens (tertiary/aromatic N) is 1. The van der Waals surface area contributed by atoms with Crippen LogP contribution in [-0.4, -0.2) is 0 Å². The van der Waals surface area contributed by atoms with Crippen LogP contribution in [0.25, 0.3) is 55.6 Å². The number of benzene rings is 11. The quantitative estimate of drug-likeness (QED) is 0.147. The molecule has 346 valence electrons. The summed E-state index contributed by atoms with van der Waals surface area (Å²) in [7, 11) is 0. The molecule has 11 aromatic rings. The number of anilines is 3. The van der Waals surface area contributed by atoms with E-state index >= 15 is 0 Å². The maximum absolute atomic E-state index is 2.48. The Balaban J connectivity index is 0.890. The van der Waals surface area contributed by atoms with Gasteiger partial charge in [0.15, 0.2) is 0 Å². The van der Waals surface area contributed by atoms with E-state index in [2.05, 4.69) is 293 Å². The van der Waals surface area contributed by atoms with Gasteiger partial charge in [-0.25, -0.2) is 0 Å². The van der Waals surface area contributed by atoms with Gasteiger partial charge >= 0.3 is 0 Å². The Morgan fingerprint density at radius 2 is 0.685 bits per heavy atom. The molecule has 1 unspecified atom stereocenters. The smallest absolute Gasteiger partial charge is 0.0713 e. The monoisotopic (exact) mass is 931 g/mol. The van der Waals surface area contributed by atoms with Gasteiger partial charge in [-0.3, -0.25) is 0 Å². The number of hydrogen-bond acceptors (Lipinski definition) is 1. The molecule has 0 radical (unpaired) electrons. The summed E-state index contributed by atoms with van der Waals surface area (Å²) < 4.78 is 0. The highest BCUT2D eigenvalue weighted by atomic mass is 15.1. The fourth-order valence-electron chi connectivity index (χ4n) is 13.3.